The van der Waals surface area contributed by atoms with E-state index in [1.54, 1.807) is 35.6 Å². The number of phenolic OH excluding ortho intramolecular Hbond substituents is 1. The Bertz CT molecular complexity index is 930. The van der Waals surface area contributed by atoms with Gasteiger partial charge in [0.1, 0.15) is 0 Å². The number of aryl methyl sites for hydroxylation is 1. The van der Waals surface area contributed by atoms with Crippen LogP contribution in [-0.2, 0) is 0 Å². The molecule has 0 aliphatic heterocycles. The molecule has 8 heteroatoms. The molecule has 0 spiro atoms. The SMILES string of the molecule is COc1cccc(/C=N\NC(=O)c2cc(-c3ccc(C)s3)[nH]n2)c1O. The molecule has 0 saturated carbocycles. The van der Waals surface area contributed by atoms with E-state index in [1.165, 1.54) is 18.2 Å². The highest BCUT2D eigenvalue weighted by molar-refractivity contribution is 7.15. The third-order valence-electron chi connectivity index (χ3n) is 3.44. The Labute approximate surface area is 148 Å². The van der Waals surface area contributed by atoms with E-state index in [4.69, 9.17) is 4.74 Å². The molecule has 0 saturated heterocycles. The van der Waals surface area contributed by atoms with E-state index in [-0.39, 0.29) is 11.4 Å². The summed E-state index contributed by atoms with van der Waals surface area (Å²) in [6.07, 6.45) is 1.34. The molecule has 3 aromatic rings. The number of nitrogens with zero attached hydrogens (tertiary/aromatic N) is 2. The van der Waals surface area contributed by atoms with Crippen molar-refractivity contribution in [1.82, 2.24) is 15.6 Å². The molecule has 2 aromatic heterocycles. The average Bonchev–Trinajstić information content (AvgIpc) is 3.25. The number of hydrogen-bond acceptors (Lipinski definition) is 6. The van der Waals surface area contributed by atoms with Crippen molar-refractivity contribution in [3.8, 4) is 22.1 Å². The van der Waals surface area contributed by atoms with Gasteiger partial charge in [0.05, 0.1) is 23.9 Å². The van der Waals surface area contributed by atoms with E-state index in [9.17, 15) is 9.90 Å². The summed E-state index contributed by atoms with van der Waals surface area (Å²) in [4.78, 5) is 14.3. The van der Waals surface area contributed by atoms with Crippen molar-refractivity contribution in [3.63, 3.8) is 0 Å². The Morgan fingerprint density at radius 1 is 1.40 bits per heavy atom. The monoisotopic (exact) mass is 356 g/mol. The van der Waals surface area contributed by atoms with Crippen molar-refractivity contribution in [1.29, 1.82) is 0 Å². The summed E-state index contributed by atoms with van der Waals surface area (Å²) < 4.78 is 5.02. The number of nitrogens with one attached hydrogen (secondary N) is 2. The summed E-state index contributed by atoms with van der Waals surface area (Å²) in [5.74, 6) is -0.161. The van der Waals surface area contributed by atoms with Crippen molar-refractivity contribution in [3.05, 3.63) is 52.5 Å². The van der Waals surface area contributed by atoms with Crippen LogP contribution < -0.4 is 10.2 Å². The predicted octanol–water partition coefficient (Wildman–Crippen LogP) is 2.92. The molecule has 0 fully saturated rings. The van der Waals surface area contributed by atoms with Crippen molar-refractivity contribution in [2.75, 3.05) is 7.11 Å². The first-order valence-electron chi connectivity index (χ1n) is 7.40. The minimum Gasteiger partial charge on any atom is -0.504 e. The number of aromatic amines is 1. The number of hydrogen-bond donors (Lipinski definition) is 3. The van der Waals surface area contributed by atoms with E-state index in [2.05, 4.69) is 20.7 Å². The van der Waals surface area contributed by atoms with Gasteiger partial charge in [-0.15, -0.1) is 11.3 Å². The number of hydrazone groups is 1. The number of aromatic hydroxyl groups is 1. The van der Waals surface area contributed by atoms with Crippen LogP contribution in [0.3, 0.4) is 0 Å². The smallest absolute Gasteiger partial charge is 0.291 e. The normalized spacial score (nSPS) is 11.0. The third kappa shape index (κ3) is 3.69. The maximum atomic E-state index is 12.1. The van der Waals surface area contributed by atoms with Gasteiger partial charge in [-0.25, -0.2) is 5.43 Å². The van der Waals surface area contributed by atoms with Crippen molar-refractivity contribution in [2.45, 2.75) is 6.92 Å². The number of phenols is 1. The fourth-order valence-electron chi connectivity index (χ4n) is 2.17. The summed E-state index contributed by atoms with van der Waals surface area (Å²) >= 11 is 1.61. The lowest BCUT2D eigenvalue weighted by Gasteiger charge is -2.04. The number of benzene rings is 1. The van der Waals surface area contributed by atoms with Gasteiger partial charge in [-0.3, -0.25) is 9.89 Å². The number of amides is 1. The first kappa shape index (κ1) is 16.7. The first-order valence-corrected chi connectivity index (χ1v) is 8.21. The summed E-state index contributed by atoms with van der Waals surface area (Å²) in [6, 6.07) is 10.6. The molecule has 0 unspecified atom stereocenters. The van der Waals surface area contributed by atoms with Crippen LogP contribution in [0.1, 0.15) is 20.9 Å². The molecule has 3 N–H and O–H groups in total. The summed E-state index contributed by atoms with van der Waals surface area (Å²) in [7, 11) is 1.46. The lowest BCUT2D eigenvalue weighted by Crippen LogP contribution is -2.18. The molecule has 1 amide bonds. The van der Waals surface area contributed by atoms with Crippen LogP contribution in [0, 0.1) is 6.92 Å². The predicted molar refractivity (Wildman–Crippen MR) is 96.4 cm³/mol. The van der Waals surface area contributed by atoms with E-state index < -0.39 is 5.91 Å². The third-order valence-corrected chi connectivity index (χ3v) is 4.47. The summed E-state index contributed by atoms with van der Waals surface area (Å²) in [5, 5.41) is 20.6. The van der Waals surface area contributed by atoms with Gasteiger partial charge in [-0.05, 0) is 37.3 Å². The van der Waals surface area contributed by atoms with E-state index in [0.29, 0.717) is 11.3 Å². The van der Waals surface area contributed by atoms with Gasteiger partial charge in [-0.2, -0.15) is 10.2 Å². The molecule has 1 aromatic carbocycles. The van der Waals surface area contributed by atoms with Crippen molar-refractivity contribution >= 4 is 23.5 Å². The summed E-state index contributed by atoms with van der Waals surface area (Å²) in [6.45, 7) is 2.01. The molecule has 0 atom stereocenters. The zero-order valence-electron chi connectivity index (χ0n) is 13.6. The van der Waals surface area contributed by atoms with E-state index >= 15 is 0 Å². The summed E-state index contributed by atoms with van der Waals surface area (Å²) in [5.41, 5.74) is 3.81. The Morgan fingerprint density at radius 3 is 2.96 bits per heavy atom. The fourth-order valence-corrected chi connectivity index (χ4v) is 3.00. The highest BCUT2D eigenvalue weighted by atomic mass is 32.1. The molecule has 0 radical (unpaired) electrons. The molecule has 3 rings (SSSR count). The second-order valence-electron chi connectivity index (χ2n) is 5.17. The number of ether oxygens (including phenoxy) is 1. The minimum atomic E-state index is -0.450. The van der Waals surface area contributed by atoms with Gasteiger partial charge in [-0.1, -0.05) is 6.07 Å². The average molecular weight is 356 g/mol. The zero-order chi connectivity index (χ0) is 17.8. The van der Waals surface area contributed by atoms with Gasteiger partial charge in [0.15, 0.2) is 17.2 Å². The van der Waals surface area contributed by atoms with Crippen LogP contribution in [-0.4, -0.2) is 34.5 Å². The number of methoxy groups -OCH3 is 1. The number of carbonyl (C=O) groups excluding carboxylic acids is 1. The number of thiophene rings is 1. The molecule has 0 aliphatic carbocycles. The van der Waals surface area contributed by atoms with Crippen LogP contribution in [0.5, 0.6) is 11.5 Å². The van der Waals surface area contributed by atoms with Crippen molar-refractivity contribution < 1.29 is 14.6 Å². The molecule has 25 heavy (non-hydrogen) atoms. The van der Waals surface area contributed by atoms with Gasteiger partial charge in [0.25, 0.3) is 5.91 Å². The largest absolute Gasteiger partial charge is 0.504 e. The van der Waals surface area contributed by atoms with Gasteiger partial charge in [0, 0.05) is 10.4 Å². The molecular formula is C17H16N4O3S. The Kier molecular flexibility index (Phi) is 4.80. The van der Waals surface area contributed by atoms with Crippen LogP contribution in [0.25, 0.3) is 10.6 Å². The number of para-hydroxylation sites is 1. The first-order chi connectivity index (χ1) is 12.1. The van der Waals surface area contributed by atoms with Crippen LogP contribution >= 0.6 is 11.3 Å². The molecule has 0 aliphatic rings. The molecular weight excluding hydrogens is 340 g/mol. The number of aromatic nitrogens is 2. The minimum absolute atomic E-state index is 0.0434. The Hall–Kier alpha value is -3.13. The lowest BCUT2D eigenvalue weighted by molar-refractivity contribution is 0.0950. The number of carbonyl (C=O) groups is 1. The molecule has 0 bridgehead atoms. The van der Waals surface area contributed by atoms with E-state index in [1.807, 2.05) is 19.1 Å². The van der Waals surface area contributed by atoms with E-state index in [0.717, 1.165) is 10.6 Å². The molecule has 2 heterocycles. The number of rotatable bonds is 5. The second kappa shape index (κ2) is 7.18. The van der Waals surface area contributed by atoms with Gasteiger partial charge < -0.3 is 9.84 Å². The molecule has 128 valence electrons. The highest BCUT2D eigenvalue weighted by Crippen LogP contribution is 2.28. The standard InChI is InChI=1S/C17H16N4O3S/c1-10-6-7-15(25-10)12-8-13(20-19-12)17(23)21-18-9-11-4-3-5-14(24-2)16(11)22/h3-9,22H,1-2H3,(H,19,20)(H,21,23)/b18-9-. The quantitative estimate of drug-likeness (QED) is 0.483. The second-order valence-corrected chi connectivity index (χ2v) is 6.46. The van der Waals surface area contributed by atoms with Crippen LogP contribution in [0.4, 0.5) is 0 Å². The maximum Gasteiger partial charge on any atom is 0.291 e. The molecule has 7 nitrogen and oxygen atoms in total. The lowest BCUT2D eigenvalue weighted by atomic mass is 10.2. The van der Waals surface area contributed by atoms with Gasteiger partial charge >= 0.3 is 0 Å². The fraction of sp³-hybridized carbons (Fsp3) is 0.118. The topological polar surface area (TPSA) is 99.6 Å². The zero-order valence-corrected chi connectivity index (χ0v) is 14.4. The Morgan fingerprint density at radius 2 is 2.24 bits per heavy atom. The van der Waals surface area contributed by atoms with Crippen LogP contribution in [0.2, 0.25) is 0 Å². The highest BCUT2D eigenvalue weighted by Gasteiger charge is 2.12. The Balaban J connectivity index is 1.68. The number of H-pyrrole nitrogens is 1. The van der Waals surface area contributed by atoms with Crippen molar-refractivity contribution in [2.24, 2.45) is 5.10 Å². The maximum absolute atomic E-state index is 12.1. The van der Waals surface area contributed by atoms with Gasteiger partial charge in [0.2, 0.25) is 0 Å². The van der Waals surface area contributed by atoms with Crippen LogP contribution in [0.15, 0.2) is 41.5 Å².